The Balaban J connectivity index is 2.57. The van der Waals surface area contributed by atoms with Crippen LogP contribution in [0.1, 0.15) is 0 Å². The molecule has 72 valence electrons. The Kier molecular flexibility index (Phi) is 2.36. The van der Waals surface area contributed by atoms with Crippen molar-refractivity contribution in [2.45, 2.75) is 0 Å². The van der Waals surface area contributed by atoms with Crippen molar-refractivity contribution >= 4 is 18.0 Å². The van der Waals surface area contributed by atoms with Crippen LogP contribution in [-0.2, 0) is 4.79 Å². The largest absolute Gasteiger partial charge is 0.465 e. The van der Waals surface area contributed by atoms with Crippen LogP contribution >= 0.6 is 0 Å². The zero-order valence-electron chi connectivity index (χ0n) is 6.98. The van der Waals surface area contributed by atoms with E-state index >= 15 is 0 Å². The highest BCUT2D eigenvalue weighted by Crippen LogP contribution is 1.99. The van der Waals surface area contributed by atoms with Crippen molar-refractivity contribution in [1.82, 2.24) is 15.1 Å². The molecular formula is C6H9N3O4. The number of hydrogen-bond acceptors (Lipinski definition) is 3. The number of nitrogens with zero attached hydrogens (tertiary/aromatic N) is 2. The van der Waals surface area contributed by atoms with Gasteiger partial charge in [-0.15, -0.1) is 0 Å². The zero-order chi connectivity index (χ0) is 10.0. The van der Waals surface area contributed by atoms with Crippen LogP contribution in [0, 0.1) is 0 Å². The Morgan fingerprint density at radius 3 is 2.69 bits per heavy atom. The summed E-state index contributed by atoms with van der Waals surface area (Å²) >= 11 is 0. The molecular weight excluding hydrogens is 178 g/mol. The first-order valence-corrected chi connectivity index (χ1v) is 3.54. The lowest BCUT2D eigenvalue weighted by Crippen LogP contribution is -2.42. The summed E-state index contributed by atoms with van der Waals surface area (Å²) < 4.78 is 0. The minimum Gasteiger partial charge on any atom is -0.465 e. The van der Waals surface area contributed by atoms with Gasteiger partial charge in [0.25, 0.3) is 5.91 Å². The second-order valence-corrected chi connectivity index (χ2v) is 2.60. The molecule has 0 spiro atoms. The summed E-state index contributed by atoms with van der Waals surface area (Å²) in [4.78, 5) is 33.9. The van der Waals surface area contributed by atoms with Crippen LogP contribution in [0.2, 0.25) is 0 Å². The zero-order valence-corrected chi connectivity index (χ0v) is 6.98. The molecule has 1 rings (SSSR count). The van der Waals surface area contributed by atoms with E-state index in [2.05, 4.69) is 5.32 Å². The van der Waals surface area contributed by atoms with E-state index < -0.39 is 18.0 Å². The third-order valence-corrected chi connectivity index (χ3v) is 1.62. The van der Waals surface area contributed by atoms with E-state index in [9.17, 15) is 14.4 Å². The van der Waals surface area contributed by atoms with Gasteiger partial charge in [-0.1, -0.05) is 0 Å². The first-order chi connectivity index (χ1) is 6.02. The van der Waals surface area contributed by atoms with Crippen molar-refractivity contribution in [2.75, 3.05) is 20.3 Å². The van der Waals surface area contributed by atoms with Crippen LogP contribution in [0.5, 0.6) is 0 Å². The number of nitrogens with one attached hydrogen (secondary N) is 1. The smallest absolute Gasteiger partial charge is 0.408 e. The van der Waals surface area contributed by atoms with Gasteiger partial charge < -0.3 is 10.4 Å². The Morgan fingerprint density at radius 2 is 2.31 bits per heavy atom. The van der Waals surface area contributed by atoms with Gasteiger partial charge in [-0.05, 0) is 0 Å². The van der Waals surface area contributed by atoms with E-state index in [0.717, 1.165) is 9.80 Å². The summed E-state index contributed by atoms with van der Waals surface area (Å²) in [6.07, 6.45) is -1.19. The van der Waals surface area contributed by atoms with E-state index in [0.29, 0.717) is 0 Å². The van der Waals surface area contributed by atoms with E-state index in [1.54, 1.807) is 0 Å². The molecule has 0 aliphatic carbocycles. The van der Waals surface area contributed by atoms with Gasteiger partial charge >= 0.3 is 12.1 Å². The lowest BCUT2D eigenvalue weighted by Gasteiger charge is -2.18. The topological polar surface area (TPSA) is 90.0 Å². The fourth-order valence-corrected chi connectivity index (χ4v) is 0.871. The highest BCUT2D eigenvalue weighted by molar-refractivity contribution is 6.02. The van der Waals surface area contributed by atoms with Crippen LogP contribution in [-0.4, -0.2) is 53.2 Å². The van der Waals surface area contributed by atoms with Gasteiger partial charge in [0.05, 0.1) is 6.54 Å². The number of imide groups is 1. The number of rotatable bonds is 2. The van der Waals surface area contributed by atoms with Gasteiger partial charge in [0.1, 0.15) is 6.67 Å². The average Bonchev–Trinajstić information content (AvgIpc) is 2.35. The van der Waals surface area contributed by atoms with E-state index in [4.69, 9.17) is 5.11 Å². The molecule has 7 heteroatoms. The Morgan fingerprint density at radius 1 is 1.69 bits per heavy atom. The average molecular weight is 187 g/mol. The van der Waals surface area contributed by atoms with Gasteiger partial charge in [0.2, 0.25) is 0 Å². The van der Waals surface area contributed by atoms with Crippen LogP contribution in [0.4, 0.5) is 9.59 Å². The molecule has 0 aromatic rings. The standard InChI is InChI=1S/C6H9N3O4/c1-8(6(12)13)3-9-4(10)2-7-5(9)11/h2-3H2,1H3,(H,7,11)(H,12,13). The highest BCUT2D eigenvalue weighted by atomic mass is 16.4. The fourth-order valence-electron chi connectivity index (χ4n) is 0.871. The molecule has 0 unspecified atom stereocenters. The number of carbonyl (C=O) groups is 3. The van der Waals surface area contributed by atoms with Crippen molar-refractivity contribution in [3.05, 3.63) is 0 Å². The maximum absolute atomic E-state index is 11.0. The quantitative estimate of drug-likeness (QED) is 0.548. The normalized spacial score (nSPS) is 15.9. The van der Waals surface area contributed by atoms with E-state index in [1.807, 2.05) is 0 Å². The molecule has 1 saturated heterocycles. The van der Waals surface area contributed by atoms with E-state index in [-0.39, 0.29) is 13.2 Å². The number of carbonyl (C=O) groups excluding carboxylic acids is 2. The molecule has 0 bridgehead atoms. The third-order valence-electron chi connectivity index (χ3n) is 1.62. The van der Waals surface area contributed by atoms with Crippen molar-refractivity contribution in [1.29, 1.82) is 0 Å². The van der Waals surface area contributed by atoms with Gasteiger partial charge in [0.15, 0.2) is 0 Å². The molecule has 0 saturated carbocycles. The van der Waals surface area contributed by atoms with Crippen molar-refractivity contribution < 1.29 is 19.5 Å². The lowest BCUT2D eigenvalue weighted by molar-refractivity contribution is -0.126. The van der Waals surface area contributed by atoms with Crippen LogP contribution in [0.25, 0.3) is 0 Å². The van der Waals surface area contributed by atoms with Crippen molar-refractivity contribution in [2.24, 2.45) is 0 Å². The summed E-state index contributed by atoms with van der Waals surface area (Å²) in [7, 11) is 1.28. The maximum atomic E-state index is 11.0. The molecule has 0 aromatic carbocycles. The minimum atomic E-state index is -1.19. The predicted molar refractivity (Wildman–Crippen MR) is 40.9 cm³/mol. The van der Waals surface area contributed by atoms with Crippen molar-refractivity contribution in [3.8, 4) is 0 Å². The summed E-state index contributed by atoms with van der Waals surface area (Å²) in [6, 6.07) is -0.557. The number of carboxylic acid groups (broad SMARTS) is 1. The number of hydrogen-bond donors (Lipinski definition) is 2. The molecule has 1 aliphatic rings. The molecule has 13 heavy (non-hydrogen) atoms. The third kappa shape index (κ3) is 1.86. The number of amides is 4. The lowest BCUT2D eigenvalue weighted by atomic mass is 10.6. The van der Waals surface area contributed by atoms with E-state index in [1.165, 1.54) is 7.05 Å². The monoisotopic (exact) mass is 187 g/mol. The maximum Gasteiger partial charge on any atom is 0.408 e. The van der Waals surface area contributed by atoms with Crippen molar-refractivity contribution in [3.63, 3.8) is 0 Å². The highest BCUT2D eigenvalue weighted by Gasteiger charge is 2.29. The van der Waals surface area contributed by atoms with Crippen LogP contribution < -0.4 is 5.32 Å². The van der Waals surface area contributed by atoms with Crippen LogP contribution in [0.3, 0.4) is 0 Å². The van der Waals surface area contributed by atoms with Gasteiger partial charge in [-0.3, -0.25) is 9.69 Å². The summed E-state index contributed by atoms with van der Waals surface area (Å²) in [6.45, 7) is -0.299. The molecule has 1 heterocycles. The first kappa shape index (κ1) is 9.30. The molecule has 1 fully saturated rings. The SMILES string of the molecule is CN(CN1C(=O)CNC1=O)C(=O)O. The van der Waals surface area contributed by atoms with Gasteiger partial charge in [0, 0.05) is 7.05 Å². The second kappa shape index (κ2) is 3.30. The summed E-state index contributed by atoms with van der Waals surface area (Å²) in [5.74, 6) is -0.418. The number of urea groups is 1. The molecule has 0 radical (unpaired) electrons. The molecule has 1 aliphatic heterocycles. The molecule has 0 aromatic heterocycles. The van der Waals surface area contributed by atoms with Gasteiger partial charge in [-0.25, -0.2) is 14.5 Å². The Bertz CT molecular complexity index is 249. The first-order valence-electron chi connectivity index (χ1n) is 3.54. The Labute approximate surface area is 73.9 Å². The summed E-state index contributed by atoms with van der Waals surface area (Å²) in [5.41, 5.74) is 0. The summed E-state index contributed by atoms with van der Waals surface area (Å²) in [5, 5.41) is 10.8. The minimum absolute atomic E-state index is 0.0632. The predicted octanol–water partition coefficient (Wildman–Crippen LogP) is -0.894. The molecule has 0 atom stereocenters. The fraction of sp³-hybridized carbons (Fsp3) is 0.500. The Hall–Kier alpha value is -1.79. The molecule has 2 N–H and O–H groups in total. The van der Waals surface area contributed by atoms with Crippen LogP contribution in [0.15, 0.2) is 0 Å². The molecule has 7 nitrogen and oxygen atoms in total. The molecule has 4 amide bonds. The second-order valence-electron chi connectivity index (χ2n) is 2.60. The van der Waals surface area contributed by atoms with Gasteiger partial charge in [-0.2, -0.15) is 0 Å².